The van der Waals surface area contributed by atoms with Crippen molar-refractivity contribution in [2.45, 2.75) is 38.7 Å². The molecule has 1 aromatic rings. The maximum Gasteiger partial charge on any atom is 0.0591 e. The average molecular weight is 234 g/mol. The zero-order chi connectivity index (χ0) is 12.1. The molecular weight excluding hydrogens is 212 g/mol. The van der Waals surface area contributed by atoms with Crippen LogP contribution >= 0.6 is 0 Å². The highest BCUT2D eigenvalue weighted by Gasteiger charge is 2.13. The Morgan fingerprint density at radius 1 is 1.41 bits per heavy atom. The van der Waals surface area contributed by atoms with E-state index in [1.165, 1.54) is 24.8 Å². The molecule has 0 spiro atoms. The molecule has 0 aliphatic carbocycles. The fraction of sp³-hybridized carbons (Fsp3) is 0.571. The van der Waals surface area contributed by atoms with Gasteiger partial charge in [-0.05, 0) is 50.3 Å². The molecule has 1 atom stereocenters. The van der Waals surface area contributed by atoms with Crippen LogP contribution in [0.15, 0.2) is 18.2 Å². The number of ether oxygens (including phenoxy) is 1. The van der Waals surface area contributed by atoms with Gasteiger partial charge in [0.05, 0.1) is 6.10 Å². The Morgan fingerprint density at radius 3 is 3.06 bits per heavy atom. The Hall–Kier alpha value is -1.22. The molecular formula is C14H22N2O. The van der Waals surface area contributed by atoms with Crippen LogP contribution in [-0.4, -0.2) is 19.3 Å². The molecule has 1 heterocycles. The van der Waals surface area contributed by atoms with Crippen LogP contribution in [0.1, 0.15) is 31.2 Å². The zero-order valence-corrected chi connectivity index (χ0v) is 10.5. The Morgan fingerprint density at radius 2 is 2.29 bits per heavy atom. The summed E-state index contributed by atoms with van der Waals surface area (Å²) >= 11 is 0. The number of nitrogens with one attached hydrogen (secondary N) is 1. The third kappa shape index (κ3) is 3.63. The van der Waals surface area contributed by atoms with E-state index in [1.54, 1.807) is 0 Å². The van der Waals surface area contributed by atoms with Crippen molar-refractivity contribution < 1.29 is 4.74 Å². The maximum absolute atomic E-state index is 5.78. The summed E-state index contributed by atoms with van der Waals surface area (Å²) < 4.78 is 5.71. The number of nitrogens with two attached hydrogens (primary N) is 1. The highest BCUT2D eigenvalue weighted by Crippen LogP contribution is 2.19. The molecule has 0 radical (unpaired) electrons. The molecule has 1 aliphatic heterocycles. The number of rotatable bonds is 4. The molecule has 0 saturated carbocycles. The first-order valence-electron chi connectivity index (χ1n) is 6.47. The molecule has 2 rings (SSSR count). The summed E-state index contributed by atoms with van der Waals surface area (Å²) in [6.07, 6.45) is 5.25. The van der Waals surface area contributed by atoms with Crippen LogP contribution in [0.5, 0.6) is 0 Å². The number of benzene rings is 1. The summed E-state index contributed by atoms with van der Waals surface area (Å²) in [5.41, 5.74) is 8.97. The van der Waals surface area contributed by atoms with Gasteiger partial charge in [-0.2, -0.15) is 0 Å². The highest BCUT2D eigenvalue weighted by atomic mass is 16.5. The topological polar surface area (TPSA) is 47.3 Å². The third-order valence-corrected chi connectivity index (χ3v) is 3.32. The van der Waals surface area contributed by atoms with Crippen molar-refractivity contribution in [2.24, 2.45) is 0 Å². The van der Waals surface area contributed by atoms with Gasteiger partial charge in [-0.1, -0.05) is 6.07 Å². The molecule has 1 aliphatic rings. The Balaban J connectivity index is 1.79. The smallest absolute Gasteiger partial charge is 0.0591 e. The van der Waals surface area contributed by atoms with Crippen molar-refractivity contribution in [3.05, 3.63) is 23.8 Å². The lowest BCUT2D eigenvalue weighted by molar-refractivity contribution is 0.0134. The van der Waals surface area contributed by atoms with E-state index in [0.717, 1.165) is 30.9 Å². The Labute approximate surface area is 103 Å². The van der Waals surface area contributed by atoms with Gasteiger partial charge < -0.3 is 15.8 Å². The summed E-state index contributed by atoms with van der Waals surface area (Å²) in [6.45, 7) is 3.98. The normalized spacial score (nSPS) is 20.2. The molecule has 3 N–H and O–H groups in total. The second-order valence-corrected chi connectivity index (χ2v) is 4.78. The molecule has 1 unspecified atom stereocenters. The molecule has 1 saturated heterocycles. The van der Waals surface area contributed by atoms with Gasteiger partial charge in [-0.15, -0.1) is 0 Å². The predicted molar refractivity (Wildman–Crippen MR) is 72.3 cm³/mol. The van der Waals surface area contributed by atoms with Gasteiger partial charge in [-0.25, -0.2) is 0 Å². The molecule has 3 nitrogen and oxygen atoms in total. The maximum atomic E-state index is 5.78. The predicted octanol–water partition coefficient (Wildman–Crippen LogP) is 2.95. The zero-order valence-electron chi connectivity index (χ0n) is 10.5. The number of nitrogen functional groups attached to an aromatic ring is 1. The van der Waals surface area contributed by atoms with Crippen LogP contribution in [0, 0.1) is 6.92 Å². The van der Waals surface area contributed by atoms with Gasteiger partial charge in [0.25, 0.3) is 0 Å². The fourth-order valence-electron chi connectivity index (χ4n) is 2.23. The highest BCUT2D eigenvalue weighted by molar-refractivity contribution is 5.59. The monoisotopic (exact) mass is 234 g/mol. The molecule has 0 aromatic heterocycles. The van der Waals surface area contributed by atoms with Crippen molar-refractivity contribution in [1.82, 2.24) is 0 Å². The van der Waals surface area contributed by atoms with Gasteiger partial charge >= 0.3 is 0 Å². The van der Waals surface area contributed by atoms with E-state index in [-0.39, 0.29) is 0 Å². The van der Waals surface area contributed by atoms with E-state index >= 15 is 0 Å². The van der Waals surface area contributed by atoms with Crippen LogP contribution in [0.3, 0.4) is 0 Å². The van der Waals surface area contributed by atoms with E-state index in [2.05, 4.69) is 18.3 Å². The van der Waals surface area contributed by atoms with Crippen molar-refractivity contribution in [2.75, 3.05) is 24.2 Å². The van der Waals surface area contributed by atoms with E-state index in [1.807, 2.05) is 12.1 Å². The fourth-order valence-corrected chi connectivity index (χ4v) is 2.23. The Kier molecular flexibility index (Phi) is 4.26. The number of anilines is 2. The van der Waals surface area contributed by atoms with Gasteiger partial charge in [0.15, 0.2) is 0 Å². The van der Waals surface area contributed by atoms with Gasteiger partial charge in [0.1, 0.15) is 0 Å². The third-order valence-electron chi connectivity index (χ3n) is 3.32. The van der Waals surface area contributed by atoms with Crippen LogP contribution in [-0.2, 0) is 4.74 Å². The first kappa shape index (κ1) is 12.2. The number of hydrogen-bond acceptors (Lipinski definition) is 3. The molecule has 94 valence electrons. The summed E-state index contributed by atoms with van der Waals surface area (Å²) in [4.78, 5) is 0. The molecule has 1 fully saturated rings. The molecule has 1 aromatic carbocycles. The minimum absolute atomic E-state index is 0.442. The molecule has 3 heteroatoms. The summed E-state index contributed by atoms with van der Waals surface area (Å²) in [5.74, 6) is 0. The van der Waals surface area contributed by atoms with E-state index in [9.17, 15) is 0 Å². The minimum atomic E-state index is 0.442. The van der Waals surface area contributed by atoms with Gasteiger partial charge in [0, 0.05) is 24.5 Å². The first-order chi connectivity index (χ1) is 8.25. The van der Waals surface area contributed by atoms with E-state index in [4.69, 9.17) is 10.5 Å². The first-order valence-corrected chi connectivity index (χ1v) is 6.47. The summed E-state index contributed by atoms with van der Waals surface area (Å²) in [5, 5.41) is 3.44. The number of aryl methyl sites for hydroxylation is 1. The van der Waals surface area contributed by atoms with Gasteiger partial charge in [-0.3, -0.25) is 0 Å². The lowest BCUT2D eigenvalue weighted by atomic mass is 10.1. The van der Waals surface area contributed by atoms with Crippen LogP contribution in [0.2, 0.25) is 0 Å². The number of hydrogen-bond donors (Lipinski definition) is 2. The van der Waals surface area contributed by atoms with Crippen molar-refractivity contribution in [3.8, 4) is 0 Å². The minimum Gasteiger partial charge on any atom is -0.399 e. The SMILES string of the molecule is Cc1ccc(N)cc1NCCC1CCCCO1. The van der Waals surface area contributed by atoms with Crippen molar-refractivity contribution >= 4 is 11.4 Å². The van der Waals surface area contributed by atoms with Crippen LogP contribution in [0.25, 0.3) is 0 Å². The largest absolute Gasteiger partial charge is 0.399 e. The lowest BCUT2D eigenvalue weighted by Crippen LogP contribution is -2.22. The van der Waals surface area contributed by atoms with Gasteiger partial charge in [0.2, 0.25) is 0 Å². The quantitative estimate of drug-likeness (QED) is 0.787. The van der Waals surface area contributed by atoms with Crippen molar-refractivity contribution in [3.63, 3.8) is 0 Å². The molecule has 0 amide bonds. The lowest BCUT2D eigenvalue weighted by Gasteiger charge is -2.23. The van der Waals surface area contributed by atoms with Crippen molar-refractivity contribution in [1.29, 1.82) is 0 Å². The van der Waals surface area contributed by atoms with E-state index in [0.29, 0.717) is 6.10 Å². The standard InChI is InChI=1S/C14H22N2O/c1-11-5-6-12(15)10-14(11)16-8-7-13-4-2-3-9-17-13/h5-6,10,13,16H,2-4,7-9,15H2,1H3. The summed E-state index contributed by atoms with van der Waals surface area (Å²) in [6, 6.07) is 5.98. The Bertz CT molecular complexity index is 359. The average Bonchev–Trinajstić information content (AvgIpc) is 2.35. The summed E-state index contributed by atoms with van der Waals surface area (Å²) in [7, 11) is 0. The second-order valence-electron chi connectivity index (χ2n) is 4.78. The molecule has 0 bridgehead atoms. The molecule has 17 heavy (non-hydrogen) atoms. The second kappa shape index (κ2) is 5.92. The van der Waals surface area contributed by atoms with Crippen LogP contribution < -0.4 is 11.1 Å². The van der Waals surface area contributed by atoms with E-state index < -0.39 is 0 Å². The van der Waals surface area contributed by atoms with Crippen LogP contribution in [0.4, 0.5) is 11.4 Å².